The first kappa shape index (κ1) is 6.41. The van der Waals surface area contributed by atoms with Gasteiger partial charge in [0, 0.05) is 18.9 Å². The zero-order valence-corrected chi connectivity index (χ0v) is 6.20. The van der Waals surface area contributed by atoms with Gasteiger partial charge in [0.25, 0.3) is 0 Å². The smallest absolute Gasteiger partial charge is 0.0946 e. The number of imidazole rings is 1. The van der Waals surface area contributed by atoms with Crippen molar-refractivity contribution in [2.45, 2.75) is 19.4 Å². The summed E-state index contributed by atoms with van der Waals surface area (Å²) in [5.41, 5.74) is -0.0549. The highest BCUT2D eigenvalue weighted by Crippen LogP contribution is 2.46. The Labute approximate surface area is 65.3 Å². The van der Waals surface area contributed by atoms with Crippen molar-refractivity contribution in [2.24, 2.45) is 5.41 Å². The standard InChI is InChI=1S/C8H9N3/c9-5-8(1-2-8)6-11-4-3-10-7-11/h3-4,7H,1-2,6H2. The molecule has 3 heteroatoms. The van der Waals surface area contributed by atoms with Gasteiger partial charge in [0.1, 0.15) is 0 Å². The summed E-state index contributed by atoms with van der Waals surface area (Å²) in [6, 6.07) is 2.34. The molecule has 0 aliphatic heterocycles. The van der Waals surface area contributed by atoms with Crippen LogP contribution in [0.2, 0.25) is 0 Å². The van der Waals surface area contributed by atoms with Gasteiger partial charge in [-0.3, -0.25) is 0 Å². The molecule has 3 nitrogen and oxygen atoms in total. The van der Waals surface area contributed by atoms with Crippen molar-refractivity contribution in [1.29, 1.82) is 5.26 Å². The summed E-state index contributed by atoms with van der Waals surface area (Å²) >= 11 is 0. The predicted octanol–water partition coefficient (Wildman–Crippen LogP) is 1.19. The average molecular weight is 147 g/mol. The molecular formula is C8H9N3. The Kier molecular flexibility index (Phi) is 1.22. The van der Waals surface area contributed by atoms with Crippen LogP contribution in [0.1, 0.15) is 12.8 Å². The van der Waals surface area contributed by atoms with Crippen LogP contribution < -0.4 is 0 Å². The topological polar surface area (TPSA) is 41.6 Å². The number of hydrogen-bond acceptors (Lipinski definition) is 2. The molecule has 1 fully saturated rings. The van der Waals surface area contributed by atoms with Crippen molar-refractivity contribution >= 4 is 0 Å². The third-order valence-electron chi connectivity index (χ3n) is 2.14. The van der Waals surface area contributed by atoms with Crippen LogP contribution in [0, 0.1) is 16.7 Å². The zero-order chi connectivity index (χ0) is 7.73. The summed E-state index contributed by atoms with van der Waals surface area (Å²) in [5.74, 6) is 0. The molecule has 0 atom stereocenters. The minimum Gasteiger partial charge on any atom is -0.336 e. The predicted molar refractivity (Wildman–Crippen MR) is 39.5 cm³/mol. The van der Waals surface area contributed by atoms with E-state index in [-0.39, 0.29) is 5.41 Å². The molecular weight excluding hydrogens is 138 g/mol. The summed E-state index contributed by atoms with van der Waals surface area (Å²) in [7, 11) is 0. The van der Waals surface area contributed by atoms with Crippen molar-refractivity contribution < 1.29 is 0 Å². The van der Waals surface area contributed by atoms with Crippen molar-refractivity contribution in [2.75, 3.05) is 0 Å². The molecule has 2 rings (SSSR count). The second-order valence-electron chi connectivity index (χ2n) is 3.13. The largest absolute Gasteiger partial charge is 0.336 e. The summed E-state index contributed by atoms with van der Waals surface area (Å²) < 4.78 is 1.97. The first-order valence-corrected chi connectivity index (χ1v) is 3.72. The minimum atomic E-state index is -0.0549. The second kappa shape index (κ2) is 2.09. The van der Waals surface area contributed by atoms with Gasteiger partial charge >= 0.3 is 0 Å². The molecule has 0 bridgehead atoms. The molecule has 0 saturated heterocycles. The molecule has 1 saturated carbocycles. The maximum atomic E-state index is 8.77. The average Bonchev–Trinajstić information content (AvgIpc) is 2.59. The fraction of sp³-hybridized carbons (Fsp3) is 0.500. The van der Waals surface area contributed by atoms with Crippen LogP contribution in [0.3, 0.4) is 0 Å². The van der Waals surface area contributed by atoms with Crippen LogP contribution in [0.25, 0.3) is 0 Å². The molecule has 1 aliphatic rings. The minimum absolute atomic E-state index is 0.0549. The highest BCUT2D eigenvalue weighted by Gasteiger charge is 2.43. The highest BCUT2D eigenvalue weighted by molar-refractivity contribution is 5.09. The lowest BCUT2D eigenvalue weighted by atomic mass is 10.1. The quantitative estimate of drug-likeness (QED) is 0.630. The Hall–Kier alpha value is -1.30. The van der Waals surface area contributed by atoms with E-state index in [1.165, 1.54) is 0 Å². The Morgan fingerprint density at radius 3 is 2.91 bits per heavy atom. The van der Waals surface area contributed by atoms with Crippen molar-refractivity contribution in [3.63, 3.8) is 0 Å². The molecule has 0 aromatic carbocycles. The molecule has 1 aromatic heterocycles. The van der Waals surface area contributed by atoms with E-state index in [0.717, 1.165) is 19.4 Å². The lowest BCUT2D eigenvalue weighted by Gasteiger charge is -2.04. The summed E-state index contributed by atoms with van der Waals surface area (Å²) in [5, 5.41) is 8.77. The molecule has 0 unspecified atom stereocenters. The number of nitriles is 1. The summed E-state index contributed by atoms with van der Waals surface area (Å²) in [4.78, 5) is 3.92. The normalized spacial score (nSPS) is 19.2. The molecule has 1 heterocycles. The van der Waals surface area contributed by atoms with Crippen LogP contribution in [0.5, 0.6) is 0 Å². The lowest BCUT2D eigenvalue weighted by Crippen LogP contribution is -2.07. The highest BCUT2D eigenvalue weighted by atomic mass is 15.0. The number of rotatable bonds is 2. The maximum absolute atomic E-state index is 8.77. The maximum Gasteiger partial charge on any atom is 0.0946 e. The van der Waals surface area contributed by atoms with Gasteiger partial charge in [-0.1, -0.05) is 0 Å². The van der Waals surface area contributed by atoms with Crippen LogP contribution in [0.15, 0.2) is 18.7 Å². The molecule has 1 aromatic rings. The third kappa shape index (κ3) is 1.12. The van der Waals surface area contributed by atoms with Crippen LogP contribution in [0.4, 0.5) is 0 Å². The summed E-state index contributed by atoms with van der Waals surface area (Å²) in [6.45, 7) is 0.809. The van der Waals surface area contributed by atoms with Crippen molar-refractivity contribution in [3.05, 3.63) is 18.7 Å². The number of aromatic nitrogens is 2. The molecule has 0 amide bonds. The van der Waals surface area contributed by atoms with E-state index in [4.69, 9.17) is 5.26 Å². The van der Waals surface area contributed by atoms with E-state index in [1.54, 1.807) is 12.5 Å². The molecule has 56 valence electrons. The Balaban J connectivity index is 2.08. The second-order valence-corrected chi connectivity index (χ2v) is 3.13. The SMILES string of the molecule is N#CC1(Cn2ccnc2)CC1. The zero-order valence-electron chi connectivity index (χ0n) is 6.20. The Morgan fingerprint density at radius 1 is 1.64 bits per heavy atom. The fourth-order valence-electron chi connectivity index (χ4n) is 1.19. The summed E-state index contributed by atoms with van der Waals surface area (Å²) in [6.07, 6.45) is 7.49. The van der Waals surface area contributed by atoms with Gasteiger partial charge in [-0.15, -0.1) is 0 Å². The fourth-order valence-corrected chi connectivity index (χ4v) is 1.19. The first-order chi connectivity index (χ1) is 5.35. The number of hydrogen-bond donors (Lipinski definition) is 0. The van der Waals surface area contributed by atoms with Gasteiger partial charge in [0.05, 0.1) is 17.8 Å². The van der Waals surface area contributed by atoms with Crippen LogP contribution in [-0.2, 0) is 6.54 Å². The van der Waals surface area contributed by atoms with Gasteiger partial charge < -0.3 is 4.57 Å². The van der Waals surface area contributed by atoms with Gasteiger partial charge in [-0.05, 0) is 12.8 Å². The Morgan fingerprint density at radius 2 is 2.45 bits per heavy atom. The molecule has 0 radical (unpaired) electrons. The monoisotopic (exact) mass is 147 g/mol. The molecule has 11 heavy (non-hydrogen) atoms. The van der Waals surface area contributed by atoms with Crippen molar-refractivity contribution in [3.8, 4) is 6.07 Å². The van der Waals surface area contributed by atoms with E-state index in [0.29, 0.717) is 0 Å². The van der Waals surface area contributed by atoms with Gasteiger partial charge in [-0.25, -0.2) is 4.98 Å². The van der Waals surface area contributed by atoms with Gasteiger partial charge in [0.15, 0.2) is 0 Å². The third-order valence-corrected chi connectivity index (χ3v) is 2.14. The molecule has 0 N–H and O–H groups in total. The van der Waals surface area contributed by atoms with E-state index in [2.05, 4.69) is 11.1 Å². The van der Waals surface area contributed by atoms with E-state index in [9.17, 15) is 0 Å². The van der Waals surface area contributed by atoms with Crippen LogP contribution in [-0.4, -0.2) is 9.55 Å². The Bertz CT molecular complexity index is 277. The van der Waals surface area contributed by atoms with Gasteiger partial charge in [0.2, 0.25) is 0 Å². The van der Waals surface area contributed by atoms with E-state index in [1.807, 2.05) is 10.8 Å². The first-order valence-electron chi connectivity index (χ1n) is 3.72. The number of nitrogens with zero attached hydrogens (tertiary/aromatic N) is 3. The van der Waals surface area contributed by atoms with Gasteiger partial charge in [-0.2, -0.15) is 5.26 Å². The molecule has 1 aliphatic carbocycles. The van der Waals surface area contributed by atoms with E-state index >= 15 is 0 Å². The van der Waals surface area contributed by atoms with Crippen LogP contribution >= 0.6 is 0 Å². The molecule has 0 spiro atoms. The van der Waals surface area contributed by atoms with E-state index < -0.39 is 0 Å². The van der Waals surface area contributed by atoms with Crippen molar-refractivity contribution in [1.82, 2.24) is 9.55 Å². The lowest BCUT2D eigenvalue weighted by molar-refractivity contribution is 0.528.